The highest BCUT2D eigenvalue weighted by Gasteiger charge is 2.07. The number of para-hydroxylation sites is 1. The molecule has 1 heterocycles. The molecule has 1 N–H and O–H groups in total. The van der Waals surface area contributed by atoms with Crippen molar-refractivity contribution in [1.29, 1.82) is 0 Å². The summed E-state index contributed by atoms with van der Waals surface area (Å²) in [5.74, 6) is 0.940. The van der Waals surface area contributed by atoms with E-state index < -0.39 is 0 Å². The van der Waals surface area contributed by atoms with Gasteiger partial charge in [0, 0.05) is 31.5 Å². The van der Waals surface area contributed by atoms with E-state index in [0.717, 1.165) is 25.5 Å². The highest BCUT2D eigenvalue weighted by atomic mass is 15.1. The largest absolute Gasteiger partial charge is 0.370 e. The number of nitrogens with zero attached hydrogens (tertiary/aromatic N) is 2. The van der Waals surface area contributed by atoms with E-state index in [1.54, 1.807) is 0 Å². The molecule has 0 fully saturated rings. The van der Waals surface area contributed by atoms with Gasteiger partial charge in [0.25, 0.3) is 0 Å². The van der Waals surface area contributed by atoms with Crippen LogP contribution in [0.1, 0.15) is 25.0 Å². The molecule has 0 aliphatic rings. The van der Waals surface area contributed by atoms with Crippen molar-refractivity contribution in [2.24, 2.45) is 0 Å². The third kappa shape index (κ3) is 3.50. The van der Waals surface area contributed by atoms with Crippen LogP contribution in [0, 0.1) is 6.92 Å². The first-order valence-corrected chi connectivity index (χ1v) is 7.24. The van der Waals surface area contributed by atoms with Crippen LogP contribution in [0.5, 0.6) is 0 Å². The van der Waals surface area contributed by atoms with Crippen molar-refractivity contribution in [2.75, 3.05) is 23.3 Å². The van der Waals surface area contributed by atoms with Crippen LogP contribution in [0.15, 0.2) is 42.6 Å². The Bertz CT molecular complexity index is 534. The van der Waals surface area contributed by atoms with Gasteiger partial charge in [-0.15, -0.1) is 0 Å². The van der Waals surface area contributed by atoms with Gasteiger partial charge in [0.05, 0.1) is 0 Å². The predicted octanol–water partition coefficient (Wildman–Crippen LogP) is 3.85. The summed E-state index contributed by atoms with van der Waals surface area (Å²) in [5.41, 5.74) is 3.84. The first-order chi connectivity index (χ1) is 9.74. The molecule has 0 unspecified atom stereocenters. The van der Waals surface area contributed by atoms with Gasteiger partial charge in [-0.1, -0.05) is 24.3 Å². The Kier molecular flexibility index (Phi) is 4.99. The van der Waals surface area contributed by atoms with Gasteiger partial charge in [0.2, 0.25) is 0 Å². The number of pyridine rings is 1. The van der Waals surface area contributed by atoms with Gasteiger partial charge in [0.1, 0.15) is 5.82 Å². The molecule has 0 aliphatic carbocycles. The summed E-state index contributed by atoms with van der Waals surface area (Å²) in [7, 11) is 0. The van der Waals surface area contributed by atoms with Gasteiger partial charge in [-0.2, -0.15) is 0 Å². The number of hydrogen-bond acceptors (Lipinski definition) is 3. The minimum atomic E-state index is 0.890. The lowest BCUT2D eigenvalue weighted by molar-refractivity contribution is 0.824. The zero-order chi connectivity index (χ0) is 14.4. The number of benzene rings is 1. The molecule has 2 aromatic rings. The molecular formula is C17H23N3. The van der Waals surface area contributed by atoms with Crippen LogP contribution < -0.4 is 10.2 Å². The van der Waals surface area contributed by atoms with Crippen molar-refractivity contribution in [3.05, 3.63) is 53.7 Å². The molecule has 20 heavy (non-hydrogen) atoms. The van der Waals surface area contributed by atoms with Crippen LogP contribution in [-0.4, -0.2) is 18.1 Å². The smallest absolute Gasteiger partial charge is 0.125 e. The minimum absolute atomic E-state index is 0.890. The molecule has 1 aromatic heterocycles. The van der Waals surface area contributed by atoms with E-state index in [2.05, 4.69) is 66.3 Å². The van der Waals surface area contributed by atoms with Crippen molar-refractivity contribution in [2.45, 2.75) is 27.3 Å². The van der Waals surface area contributed by atoms with Crippen molar-refractivity contribution in [3.63, 3.8) is 0 Å². The minimum Gasteiger partial charge on any atom is -0.370 e. The molecule has 106 valence electrons. The van der Waals surface area contributed by atoms with E-state index in [1.165, 1.54) is 16.8 Å². The summed E-state index contributed by atoms with van der Waals surface area (Å²) in [6, 6.07) is 12.7. The van der Waals surface area contributed by atoms with Gasteiger partial charge in [0.15, 0.2) is 0 Å². The fourth-order valence-corrected chi connectivity index (χ4v) is 2.31. The maximum atomic E-state index is 4.43. The summed E-state index contributed by atoms with van der Waals surface area (Å²) < 4.78 is 0. The molecule has 0 saturated carbocycles. The standard InChI is InChI=1S/C17H23N3/c1-4-18-17-11-10-15(12-19-17)13-20(5-2)16-9-7-6-8-14(16)3/h6-12H,4-5,13H2,1-3H3,(H,18,19). The van der Waals surface area contributed by atoms with Gasteiger partial charge < -0.3 is 10.2 Å². The third-order valence-electron chi connectivity index (χ3n) is 3.39. The summed E-state index contributed by atoms with van der Waals surface area (Å²) >= 11 is 0. The Balaban J connectivity index is 2.12. The predicted molar refractivity (Wildman–Crippen MR) is 86.3 cm³/mol. The molecule has 0 bridgehead atoms. The Morgan fingerprint density at radius 2 is 1.90 bits per heavy atom. The normalized spacial score (nSPS) is 10.3. The molecule has 0 radical (unpaired) electrons. The van der Waals surface area contributed by atoms with Gasteiger partial charge in [-0.25, -0.2) is 4.98 Å². The molecule has 0 aliphatic heterocycles. The van der Waals surface area contributed by atoms with Crippen molar-refractivity contribution in [3.8, 4) is 0 Å². The average molecular weight is 269 g/mol. The highest BCUT2D eigenvalue weighted by Crippen LogP contribution is 2.21. The van der Waals surface area contributed by atoms with Crippen LogP contribution in [0.25, 0.3) is 0 Å². The Labute approximate surface area is 121 Å². The second-order valence-electron chi connectivity index (χ2n) is 4.88. The lowest BCUT2D eigenvalue weighted by Crippen LogP contribution is -2.22. The quantitative estimate of drug-likeness (QED) is 0.863. The van der Waals surface area contributed by atoms with Crippen LogP contribution in [0.3, 0.4) is 0 Å². The maximum Gasteiger partial charge on any atom is 0.125 e. The summed E-state index contributed by atoms with van der Waals surface area (Å²) in [4.78, 5) is 6.81. The highest BCUT2D eigenvalue weighted by molar-refractivity contribution is 5.53. The number of nitrogens with one attached hydrogen (secondary N) is 1. The maximum absolute atomic E-state index is 4.43. The summed E-state index contributed by atoms with van der Waals surface area (Å²) in [5, 5.41) is 3.22. The van der Waals surface area contributed by atoms with Crippen molar-refractivity contribution in [1.82, 2.24) is 4.98 Å². The number of hydrogen-bond donors (Lipinski definition) is 1. The fraction of sp³-hybridized carbons (Fsp3) is 0.353. The lowest BCUT2D eigenvalue weighted by Gasteiger charge is -2.25. The van der Waals surface area contributed by atoms with E-state index >= 15 is 0 Å². The zero-order valence-corrected chi connectivity index (χ0v) is 12.6. The fourth-order valence-electron chi connectivity index (χ4n) is 2.31. The van der Waals surface area contributed by atoms with Crippen molar-refractivity contribution < 1.29 is 0 Å². The lowest BCUT2D eigenvalue weighted by atomic mass is 10.1. The first-order valence-electron chi connectivity index (χ1n) is 7.24. The molecule has 0 amide bonds. The van der Waals surface area contributed by atoms with E-state index in [4.69, 9.17) is 0 Å². The monoisotopic (exact) mass is 269 g/mol. The molecule has 0 spiro atoms. The summed E-state index contributed by atoms with van der Waals surface area (Å²) in [6.07, 6.45) is 1.96. The van der Waals surface area contributed by atoms with Gasteiger partial charge >= 0.3 is 0 Å². The SMILES string of the molecule is CCNc1ccc(CN(CC)c2ccccc2C)cn1. The molecule has 0 saturated heterocycles. The second kappa shape index (κ2) is 6.94. The number of rotatable bonds is 6. The van der Waals surface area contributed by atoms with Crippen LogP contribution in [-0.2, 0) is 6.54 Å². The molecule has 2 rings (SSSR count). The average Bonchev–Trinajstić information content (AvgIpc) is 2.48. The Morgan fingerprint density at radius 1 is 1.10 bits per heavy atom. The Morgan fingerprint density at radius 3 is 2.50 bits per heavy atom. The number of anilines is 2. The molecule has 3 heteroatoms. The number of aryl methyl sites for hydroxylation is 1. The first kappa shape index (κ1) is 14.4. The molecule has 1 aromatic carbocycles. The van der Waals surface area contributed by atoms with Crippen LogP contribution in [0.4, 0.5) is 11.5 Å². The van der Waals surface area contributed by atoms with Crippen LogP contribution in [0.2, 0.25) is 0 Å². The molecule has 0 atom stereocenters. The molecule has 3 nitrogen and oxygen atoms in total. The number of aromatic nitrogens is 1. The van der Waals surface area contributed by atoms with E-state index in [-0.39, 0.29) is 0 Å². The van der Waals surface area contributed by atoms with E-state index in [9.17, 15) is 0 Å². The Hall–Kier alpha value is -2.03. The zero-order valence-electron chi connectivity index (χ0n) is 12.6. The van der Waals surface area contributed by atoms with E-state index in [1.807, 2.05) is 12.3 Å². The topological polar surface area (TPSA) is 28.2 Å². The summed E-state index contributed by atoms with van der Waals surface area (Å²) in [6.45, 7) is 9.20. The second-order valence-corrected chi connectivity index (χ2v) is 4.88. The van der Waals surface area contributed by atoms with Gasteiger partial charge in [-0.3, -0.25) is 0 Å². The van der Waals surface area contributed by atoms with Gasteiger partial charge in [-0.05, 0) is 44.0 Å². The van der Waals surface area contributed by atoms with Crippen molar-refractivity contribution >= 4 is 11.5 Å². The van der Waals surface area contributed by atoms with E-state index in [0.29, 0.717) is 0 Å². The third-order valence-corrected chi connectivity index (χ3v) is 3.39. The molecular weight excluding hydrogens is 246 g/mol. The van der Waals surface area contributed by atoms with Crippen LogP contribution >= 0.6 is 0 Å².